The molecule has 0 heterocycles. The molecule has 1 rings (SSSR count). The van der Waals surface area contributed by atoms with Crippen LogP contribution in [0.1, 0.15) is 37.9 Å². The third-order valence-corrected chi connectivity index (χ3v) is 3.89. The van der Waals surface area contributed by atoms with Crippen molar-refractivity contribution in [3.05, 3.63) is 35.1 Å². The van der Waals surface area contributed by atoms with E-state index in [1.165, 1.54) is 0 Å². The lowest BCUT2D eigenvalue weighted by Gasteiger charge is -2.21. The molecule has 0 amide bonds. The molecule has 6 heteroatoms. The summed E-state index contributed by atoms with van der Waals surface area (Å²) in [5.41, 5.74) is 1.58. The van der Waals surface area contributed by atoms with E-state index < -0.39 is 0 Å². The molecule has 1 atom stereocenters. The van der Waals surface area contributed by atoms with Gasteiger partial charge in [0.25, 0.3) is 0 Å². The number of nitrogens with one attached hydrogen (secondary N) is 2. The van der Waals surface area contributed by atoms with Crippen molar-refractivity contribution in [3.8, 4) is 0 Å². The van der Waals surface area contributed by atoms with Crippen molar-refractivity contribution >= 4 is 29.9 Å². The van der Waals surface area contributed by atoms with Crippen LogP contribution in [0, 0.1) is 12.7 Å². The first-order valence-corrected chi connectivity index (χ1v) is 7.97. The molecule has 132 valence electrons. The van der Waals surface area contributed by atoms with Gasteiger partial charge in [0.1, 0.15) is 5.82 Å². The number of aryl methyl sites for hydroxylation is 1. The standard InChI is InChI=1S/C17H29FN4.HI/c1-6-22(7-2)11-10-20-17(19-5)21-14(4)15-9-8-13(3)16(18)12-15;/h8-9,12,14H,6-7,10-11H2,1-5H3,(H2,19,20,21);1H. The Labute approximate surface area is 157 Å². The lowest BCUT2D eigenvalue weighted by atomic mass is 10.1. The zero-order valence-electron chi connectivity index (χ0n) is 14.8. The first kappa shape index (κ1) is 22.1. The molecule has 0 saturated carbocycles. The van der Waals surface area contributed by atoms with E-state index in [1.54, 1.807) is 26.1 Å². The number of hydrogen-bond donors (Lipinski definition) is 2. The number of benzene rings is 1. The minimum atomic E-state index is -0.171. The van der Waals surface area contributed by atoms with Crippen LogP contribution in [0.2, 0.25) is 0 Å². The van der Waals surface area contributed by atoms with Gasteiger partial charge in [-0.3, -0.25) is 4.99 Å². The van der Waals surface area contributed by atoms with Gasteiger partial charge in [0.05, 0.1) is 6.04 Å². The van der Waals surface area contributed by atoms with E-state index in [0.717, 1.165) is 37.7 Å². The van der Waals surface area contributed by atoms with Crippen LogP contribution in [0.5, 0.6) is 0 Å². The monoisotopic (exact) mass is 436 g/mol. The van der Waals surface area contributed by atoms with E-state index in [4.69, 9.17) is 0 Å². The molecule has 23 heavy (non-hydrogen) atoms. The van der Waals surface area contributed by atoms with Gasteiger partial charge >= 0.3 is 0 Å². The summed E-state index contributed by atoms with van der Waals surface area (Å²) >= 11 is 0. The van der Waals surface area contributed by atoms with E-state index in [1.807, 2.05) is 13.0 Å². The van der Waals surface area contributed by atoms with Gasteiger partial charge in [-0.25, -0.2) is 4.39 Å². The zero-order valence-corrected chi connectivity index (χ0v) is 17.1. The Morgan fingerprint density at radius 1 is 1.30 bits per heavy atom. The Kier molecular flexibility index (Phi) is 11.2. The van der Waals surface area contributed by atoms with Crippen LogP contribution < -0.4 is 10.6 Å². The fourth-order valence-electron chi connectivity index (χ4n) is 2.23. The van der Waals surface area contributed by atoms with Gasteiger partial charge in [-0.2, -0.15) is 0 Å². The molecule has 0 saturated heterocycles. The number of guanidine groups is 1. The Hall–Kier alpha value is -0.890. The molecule has 0 spiro atoms. The summed E-state index contributed by atoms with van der Waals surface area (Å²) in [5.74, 6) is 0.566. The van der Waals surface area contributed by atoms with Crippen molar-refractivity contribution in [2.45, 2.75) is 33.7 Å². The Morgan fingerprint density at radius 3 is 2.48 bits per heavy atom. The minimum Gasteiger partial charge on any atom is -0.355 e. The molecule has 1 unspecified atom stereocenters. The lowest BCUT2D eigenvalue weighted by molar-refractivity contribution is 0.308. The van der Waals surface area contributed by atoms with E-state index in [9.17, 15) is 4.39 Å². The van der Waals surface area contributed by atoms with Crippen LogP contribution in [-0.2, 0) is 0 Å². The summed E-state index contributed by atoms with van der Waals surface area (Å²) < 4.78 is 13.6. The maximum Gasteiger partial charge on any atom is 0.191 e. The van der Waals surface area contributed by atoms with Crippen LogP contribution >= 0.6 is 24.0 Å². The van der Waals surface area contributed by atoms with Gasteiger partial charge in [0.15, 0.2) is 5.96 Å². The average molecular weight is 436 g/mol. The fraction of sp³-hybridized carbons (Fsp3) is 0.588. The Bertz CT molecular complexity index is 489. The van der Waals surface area contributed by atoms with Gasteiger partial charge in [0, 0.05) is 20.1 Å². The maximum absolute atomic E-state index is 13.6. The summed E-state index contributed by atoms with van der Waals surface area (Å²) in [6.45, 7) is 12.0. The van der Waals surface area contributed by atoms with Crippen molar-refractivity contribution in [1.29, 1.82) is 0 Å². The highest BCUT2D eigenvalue weighted by Gasteiger charge is 2.09. The average Bonchev–Trinajstić information content (AvgIpc) is 2.52. The van der Waals surface area contributed by atoms with Gasteiger partial charge in [0.2, 0.25) is 0 Å². The second kappa shape index (κ2) is 11.6. The van der Waals surface area contributed by atoms with E-state index >= 15 is 0 Å². The molecular formula is C17H30FIN4. The predicted molar refractivity (Wildman–Crippen MR) is 107 cm³/mol. The third-order valence-electron chi connectivity index (χ3n) is 3.89. The minimum absolute atomic E-state index is 0. The van der Waals surface area contributed by atoms with Crippen LogP contribution in [0.3, 0.4) is 0 Å². The molecular weight excluding hydrogens is 406 g/mol. The van der Waals surface area contributed by atoms with Crippen molar-refractivity contribution in [2.75, 3.05) is 33.2 Å². The summed E-state index contributed by atoms with van der Waals surface area (Å²) in [6.07, 6.45) is 0. The van der Waals surface area contributed by atoms with Gasteiger partial charge in [-0.15, -0.1) is 24.0 Å². The largest absolute Gasteiger partial charge is 0.355 e. The molecule has 4 nitrogen and oxygen atoms in total. The first-order chi connectivity index (χ1) is 10.5. The quantitative estimate of drug-likeness (QED) is 0.392. The second-order valence-corrected chi connectivity index (χ2v) is 5.40. The van der Waals surface area contributed by atoms with Crippen molar-refractivity contribution < 1.29 is 4.39 Å². The van der Waals surface area contributed by atoms with Crippen molar-refractivity contribution in [2.24, 2.45) is 4.99 Å². The molecule has 0 radical (unpaired) electrons. The lowest BCUT2D eigenvalue weighted by Crippen LogP contribution is -2.42. The van der Waals surface area contributed by atoms with Gasteiger partial charge in [-0.05, 0) is 44.1 Å². The highest BCUT2D eigenvalue weighted by atomic mass is 127. The van der Waals surface area contributed by atoms with Gasteiger partial charge < -0.3 is 15.5 Å². The molecule has 0 aliphatic rings. The SMILES string of the molecule is CCN(CC)CCNC(=NC)NC(C)c1ccc(C)c(F)c1.I. The fourth-order valence-corrected chi connectivity index (χ4v) is 2.23. The molecule has 0 bridgehead atoms. The number of rotatable bonds is 7. The van der Waals surface area contributed by atoms with E-state index in [0.29, 0.717) is 5.56 Å². The Morgan fingerprint density at radius 2 is 1.96 bits per heavy atom. The number of nitrogens with zero attached hydrogens (tertiary/aromatic N) is 2. The van der Waals surface area contributed by atoms with Crippen molar-refractivity contribution in [1.82, 2.24) is 15.5 Å². The smallest absolute Gasteiger partial charge is 0.191 e. The number of hydrogen-bond acceptors (Lipinski definition) is 2. The van der Waals surface area contributed by atoms with Crippen LogP contribution in [-0.4, -0.2) is 44.1 Å². The second-order valence-electron chi connectivity index (χ2n) is 5.40. The van der Waals surface area contributed by atoms with Gasteiger partial charge in [-0.1, -0.05) is 26.0 Å². The predicted octanol–water partition coefficient (Wildman–Crippen LogP) is 3.32. The summed E-state index contributed by atoms with van der Waals surface area (Å²) in [6, 6.07) is 5.32. The first-order valence-electron chi connectivity index (χ1n) is 7.97. The Balaban J connectivity index is 0.00000484. The molecule has 0 fully saturated rings. The molecule has 2 N–H and O–H groups in total. The molecule has 0 aliphatic carbocycles. The van der Waals surface area contributed by atoms with Crippen LogP contribution in [0.15, 0.2) is 23.2 Å². The van der Waals surface area contributed by atoms with Crippen LogP contribution in [0.4, 0.5) is 4.39 Å². The highest BCUT2D eigenvalue weighted by Crippen LogP contribution is 2.16. The maximum atomic E-state index is 13.6. The summed E-state index contributed by atoms with van der Waals surface area (Å²) in [5, 5.41) is 6.59. The van der Waals surface area contributed by atoms with E-state index in [2.05, 4.69) is 34.4 Å². The summed E-state index contributed by atoms with van der Waals surface area (Å²) in [4.78, 5) is 6.57. The number of halogens is 2. The third kappa shape index (κ3) is 7.48. The molecule has 0 aromatic heterocycles. The molecule has 1 aromatic rings. The molecule has 0 aliphatic heterocycles. The number of likely N-dealkylation sites (N-methyl/N-ethyl adjacent to an activating group) is 1. The highest BCUT2D eigenvalue weighted by molar-refractivity contribution is 14.0. The summed E-state index contributed by atoms with van der Waals surface area (Å²) in [7, 11) is 1.75. The van der Waals surface area contributed by atoms with Crippen LogP contribution in [0.25, 0.3) is 0 Å². The van der Waals surface area contributed by atoms with E-state index in [-0.39, 0.29) is 35.8 Å². The normalized spacial score (nSPS) is 12.7. The zero-order chi connectivity index (χ0) is 16.5. The van der Waals surface area contributed by atoms with Crippen molar-refractivity contribution in [3.63, 3.8) is 0 Å². The topological polar surface area (TPSA) is 39.7 Å². The molecule has 1 aromatic carbocycles. The number of aliphatic imine (C=N–C) groups is 1.